The van der Waals surface area contributed by atoms with Crippen molar-refractivity contribution in [2.45, 2.75) is 13.8 Å². The molecule has 0 amide bonds. The Bertz CT molecular complexity index is 774. The van der Waals surface area contributed by atoms with Gasteiger partial charge in [-0.2, -0.15) is 10.2 Å². The number of aromatic amines is 1. The Balaban J connectivity index is 2.35. The van der Waals surface area contributed by atoms with Gasteiger partial charge in [-0.1, -0.05) is 41.9 Å². The summed E-state index contributed by atoms with van der Waals surface area (Å²) in [6.45, 7) is 3.71. The SMILES string of the molecule is CCOC(=O)/C(Cl)=N/Nc1n[nH]c(-c2ccccc2)c1C(=O)OCC. The van der Waals surface area contributed by atoms with Gasteiger partial charge in [0.25, 0.3) is 0 Å². The largest absolute Gasteiger partial charge is 0.462 e. The molecule has 0 aliphatic carbocycles. The number of hydrazone groups is 1. The van der Waals surface area contributed by atoms with Crippen LogP contribution in [0.25, 0.3) is 11.3 Å². The van der Waals surface area contributed by atoms with Gasteiger partial charge in [0, 0.05) is 5.56 Å². The number of aromatic nitrogens is 2. The number of halogens is 1. The summed E-state index contributed by atoms with van der Waals surface area (Å²) in [5, 5.41) is 10.1. The fraction of sp³-hybridized carbons (Fsp3) is 0.250. The fourth-order valence-electron chi connectivity index (χ4n) is 1.98. The Morgan fingerprint density at radius 2 is 1.88 bits per heavy atom. The predicted molar refractivity (Wildman–Crippen MR) is 93.5 cm³/mol. The molecule has 1 heterocycles. The number of nitrogens with one attached hydrogen (secondary N) is 2. The van der Waals surface area contributed by atoms with Crippen molar-refractivity contribution in [3.63, 3.8) is 0 Å². The van der Waals surface area contributed by atoms with Crippen LogP contribution in [0.5, 0.6) is 0 Å². The van der Waals surface area contributed by atoms with E-state index in [1.165, 1.54) is 0 Å². The summed E-state index contributed by atoms with van der Waals surface area (Å²) in [4.78, 5) is 23.8. The van der Waals surface area contributed by atoms with Gasteiger partial charge in [-0.3, -0.25) is 10.5 Å². The number of H-pyrrole nitrogens is 1. The van der Waals surface area contributed by atoms with Crippen LogP contribution in [0.2, 0.25) is 0 Å². The molecule has 9 heteroatoms. The minimum Gasteiger partial charge on any atom is -0.462 e. The first kappa shape index (κ1) is 18.5. The van der Waals surface area contributed by atoms with Crippen LogP contribution in [0.3, 0.4) is 0 Å². The first-order chi connectivity index (χ1) is 12.1. The molecule has 2 aromatic rings. The molecule has 2 N–H and O–H groups in total. The van der Waals surface area contributed by atoms with Crippen LogP contribution in [0.1, 0.15) is 24.2 Å². The van der Waals surface area contributed by atoms with E-state index in [0.29, 0.717) is 5.69 Å². The average Bonchev–Trinajstić information content (AvgIpc) is 3.05. The third-order valence-electron chi connectivity index (χ3n) is 3.01. The fourth-order valence-corrected chi connectivity index (χ4v) is 2.07. The summed E-state index contributed by atoms with van der Waals surface area (Å²) in [5.74, 6) is -1.28. The molecule has 0 spiro atoms. The minimum atomic E-state index is -0.784. The topological polar surface area (TPSA) is 106 Å². The maximum Gasteiger partial charge on any atom is 0.370 e. The number of hydrogen-bond donors (Lipinski definition) is 2. The maximum atomic E-state index is 12.3. The lowest BCUT2D eigenvalue weighted by molar-refractivity contribution is -0.134. The molecule has 0 saturated carbocycles. The molecule has 0 aliphatic heterocycles. The Morgan fingerprint density at radius 1 is 1.20 bits per heavy atom. The van der Waals surface area contributed by atoms with Crippen LogP contribution in [-0.4, -0.2) is 40.5 Å². The average molecular weight is 365 g/mol. The Hall–Kier alpha value is -2.87. The quantitative estimate of drug-likeness (QED) is 0.444. The third-order valence-corrected chi connectivity index (χ3v) is 3.25. The molecular weight excluding hydrogens is 348 g/mol. The van der Waals surface area contributed by atoms with Crippen LogP contribution in [-0.2, 0) is 14.3 Å². The summed E-state index contributed by atoms with van der Waals surface area (Å²) in [5.41, 5.74) is 3.86. The van der Waals surface area contributed by atoms with Gasteiger partial charge in [-0.05, 0) is 13.8 Å². The van der Waals surface area contributed by atoms with Crippen molar-refractivity contribution < 1.29 is 19.1 Å². The van der Waals surface area contributed by atoms with Gasteiger partial charge in [-0.15, -0.1) is 0 Å². The lowest BCUT2D eigenvalue weighted by Gasteiger charge is -2.05. The van der Waals surface area contributed by atoms with Crippen molar-refractivity contribution in [1.29, 1.82) is 0 Å². The summed E-state index contributed by atoms with van der Waals surface area (Å²) < 4.78 is 9.79. The molecule has 1 aromatic carbocycles. The van der Waals surface area contributed by atoms with Gasteiger partial charge >= 0.3 is 11.9 Å². The van der Waals surface area contributed by atoms with Gasteiger partial charge in [0.15, 0.2) is 5.82 Å². The van der Waals surface area contributed by atoms with E-state index in [0.717, 1.165) is 5.56 Å². The van der Waals surface area contributed by atoms with Crippen molar-refractivity contribution in [3.05, 3.63) is 35.9 Å². The second-order valence-corrected chi connectivity index (χ2v) is 5.00. The Kier molecular flexibility index (Phi) is 6.53. The van der Waals surface area contributed by atoms with Crippen molar-refractivity contribution >= 4 is 34.5 Å². The molecule has 0 unspecified atom stereocenters. The number of hydrogen-bond acceptors (Lipinski definition) is 7. The van der Waals surface area contributed by atoms with Crippen LogP contribution in [0, 0.1) is 0 Å². The normalized spacial score (nSPS) is 11.1. The van der Waals surface area contributed by atoms with Crippen molar-refractivity contribution in [3.8, 4) is 11.3 Å². The van der Waals surface area contributed by atoms with E-state index < -0.39 is 17.1 Å². The lowest BCUT2D eigenvalue weighted by atomic mass is 10.1. The molecule has 0 radical (unpaired) electrons. The van der Waals surface area contributed by atoms with E-state index >= 15 is 0 Å². The monoisotopic (exact) mass is 364 g/mol. The highest BCUT2D eigenvalue weighted by atomic mass is 35.5. The number of carbonyl (C=O) groups excluding carboxylic acids is 2. The highest BCUT2D eigenvalue weighted by Crippen LogP contribution is 2.27. The number of benzene rings is 1. The highest BCUT2D eigenvalue weighted by molar-refractivity contribution is 6.82. The number of rotatable bonds is 7. The summed E-state index contributed by atoms with van der Waals surface area (Å²) in [7, 11) is 0. The van der Waals surface area contributed by atoms with E-state index in [2.05, 4.69) is 20.7 Å². The highest BCUT2D eigenvalue weighted by Gasteiger charge is 2.23. The molecule has 0 saturated heterocycles. The van der Waals surface area contributed by atoms with Gasteiger partial charge < -0.3 is 9.47 Å². The second-order valence-electron chi connectivity index (χ2n) is 4.64. The second kappa shape index (κ2) is 8.84. The van der Waals surface area contributed by atoms with Crippen molar-refractivity contribution in [2.24, 2.45) is 5.10 Å². The van der Waals surface area contributed by atoms with E-state index in [1.54, 1.807) is 13.8 Å². The van der Waals surface area contributed by atoms with Crippen molar-refractivity contribution in [2.75, 3.05) is 18.6 Å². The first-order valence-corrected chi connectivity index (χ1v) is 7.93. The molecular formula is C16H17ClN4O4. The van der Waals surface area contributed by atoms with Gasteiger partial charge in [0.05, 0.1) is 18.9 Å². The van der Waals surface area contributed by atoms with E-state index in [-0.39, 0.29) is 24.6 Å². The van der Waals surface area contributed by atoms with E-state index in [9.17, 15) is 9.59 Å². The standard InChI is InChI=1S/C16H17ClN4O4/c1-3-24-15(22)11-12(10-8-6-5-7-9-10)18-20-14(11)21-19-13(17)16(23)25-4-2/h5-9H,3-4H2,1-2H3,(H2,18,20,21)/b19-13-. The number of anilines is 1. The molecule has 25 heavy (non-hydrogen) atoms. The molecule has 0 aliphatic rings. The number of esters is 2. The molecule has 8 nitrogen and oxygen atoms in total. The predicted octanol–water partition coefficient (Wildman–Crippen LogP) is 2.78. The maximum absolute atomic E-state index is 12.3. The van der Waals surface area contributed by atoms with Gasteiger partial charge in [0.1, 0.15) is 5.56 Å². The zero-order chi connectivity index (χ0) is 18.2. The van der Waals surface area contributed by atoms with Crippen molar-refractivity contribution in [1.82, 2.24) is 10.2 Å². The third kappa shape index (κ3) is 4.57. The molecule has 0 fully saturated rings. The molecule has 132 valence electrons. The van der Waals surface area contributed by atoms with E-state index in [1.807, 2.05) is 30.3 Å². The molecule has 2 rings (SSSR count). The number of ether oxygens (including phenoxy) is 2. The smallest absolute Gasteiger partial charge is 0.370 e. The number of carbonyl (C=O) groups is 2. The van der Waals surface area contributed by atoms with Crippen LogP contribution < -0.4 is 5.43 Å². The van der Waals surface area contributed by atoms with Crippen LogP contribution in [0.15, 0.2) is 35.4 Å². The first-order valence-electron chi connectivity index (χ1n) is 7.55. The Morgan fingerprint density at radius 3 is 2.52 bits per heavy atom. The van der Waals surface area contributed by atoms with E-state index in [4.69, 9.17) is 21.1 Å². The molecule has 0 bridgehead atoms. The zero-order valence-electron chi connectivity index (χ0n) is 13.7. The molecule has 0 atom stereocenters. The zero-order valence-corrected chi connectivity index (χ0v) is 14.5. The lowest BCUT2D eigenvalue weighted by Crippen LogP contribution is -2.14. The van der Waals surface area contributed by atoms with Gasteiger partial charge in [0.2, 0.25) is 5.17 Å². The van der Waals surface area contributed by atoms with Crippen LogP contribution in [0.4, 0.5) is 5.82 Å². The Labute approximate surface area is 149 Å². The number of nitrogens with zero attached hydrogens (tertiary/aromatic N) is 2. The van der Waals surface area contributed by atoms with Crippen LogP contribution >= 0.6 is 11.6 Å². The molecule has 1 aromatic heterocycles. The van der Waals surface area contributed by atoms with Gasteiger partial charge in [-0.25, -0.2) is 9.59 Å². The summed E-state index contributed by atoms with van der Waals surface area (Å²) in [6, 6.07) is 9.14. The summed E-state index contributed by atoms with van der Waals surface area (Å²) >= 11 is 5.74. The summed E-state index contributed by atoms with van der Waals surface area (Å²) in [6.07, 6.45) is 0. The minimum absolute atomic E-state index is 0.0831.